The van der Waals surface area contributed by atoms with Gasteiger partial charge in [-0.25, -0.2) is 0 Å². The van der Waals surface area contributed by atoms with E-state index in [2.05, 4.69) is 0 Å². The molecule has 0 unspecified atom stereocenters. The summed E-state index contributed by atoms with van der Waals surface area (Å²) in [5.41, 5.74) is 6.20. The first-order valence-corrected chi connectivity index (χ1v) is 6.27. The van der Waals surface area contributed by atoms with Crippen molar-refractivity contribution in [2.75, 3.05) is 5.73 Å². The SMILES string of the molecule is Cc1ccc(Oc2ccc(C)c([N+](=O)[O-])c2N)cc1[N+](=O)[O-]. The quantitative estimate of drug-likeness (QED) is 0.524. The van der Waals surface area contributed by atoms with E-state index in [1.54, 1.807) is 13.8 Å². The molecule has 8 nitrogen and oxygen atoms in total. The molecule has 0 atom stereocenters. The maximum atomic E-state index is 11.0. The van der Waals surface area contributed by atoms with Crippen molar-refractivity contribution in [2.45, 2.75) is 13.8 Å². The van der Waals surface area contributed by atoms with Gasteiger partial charge in [-0.3, -0.25) is 20.2 Å². The predicted octanol–water partition coefficient (Wildman–Crippen LogP) is 3.49. The largest absolute Gasteiger partial charge is 0.455 e. The molecule has 0 spiro atoms. The van der Waals surface area contributed by atoms with Crippen LogP contribution in [0.2, 0.25) is 0 Å². The van der Waals surface area contributed by atoms with E-state index in [0.29, 0.717) is 11.1 Å². The summed E-state index contributed by atoms with van der Waals surface area (Å²) in [5.74, 6) is 0.262. The van der Waals surface area contributed by atoms with Crippen LogP contribution in [-0.4, -0.2) is 9.85 Å². The highest BCUT2D eigenvalue weighted by Gasteiger charge is 2.20. The van der Waals surface area contributed by atoms with Crippen molar-refractivity contribution in [1.82, 2.24) is 0 Å². The fraction of sp³-hybridized carbons (Fsp3) is 0.143. The van der Waals surface area contributed by atoms with Gasteiger partial charge in [-0.1, -0.05) is 0 Å². The number of nitrogens with two attached hydrogens (primary N) is 1. The molecule has 0 aromatic heterocycles. The van der Waals surface area contributed by atoms with Gasteiger partial charge >= 0.3 is 0 Å². The number of nitrogen functional groups attached to an aromatic ring is 1. The summed E-state index contributed by atoms with van der Waals surface area (Å²) < 4.78 is 5.47. The zero-order valence-electron chi connectivity index (χ0n) is 11.9. The molecule has 0 aliphatic rings. The van der Waals surface area contributed by atoms with Gasteiger partial charge in [0.05, 0.1) is 15.9 Å². The maximum absolute atomic E-state index is 11.0. The second kappa shape index (κ2) is 5.68. The number of ether oxygens (including phenoxy) is 1. The van der Waals surface area contributed by atoms with Crippen LogP contribution < -0.4 is 10.5 Å². The lowest BCUT2D eigenvalue weighted by Crippen LogP contribution is -2.01. The molecule has 2 aromatic carbocycles. The van der Waals surface area contributed by atoms with Gasteiger partial charge in [0.25, 0.3) is 11.4 Å². The smallest absolute Gasteiger partial charge is 0.298 e. The molecule has 0 aliphatic heterocycles. The molecule has 0 amide bonds. The van der Waals surface area contributed by atoms with Crippen LogP contribution in [0.15, 0.2) is 30.3 Å². The standard InChI is InChI=1S/C14H13N3O5/c1-8-3-5-10(7-11(8)16(18)19)22-12-6-4-9(2)14(13(12)15)17(20)21/h3-7H,15H2,1-2H3. The van der Waals surface area contributed by atoms with E-state index in [0.717, 1.165) is 0 Å². The van der Waals surface area contributed by atoms with E-state index < -0.39 is 9.85 Å². The number of nitrogens with zero attached hydrogens (tertiary/aromatic N) is 2. The van der Waals surface area contributed by atoms with Crippen molar-refractivity contribution in [3.63, 3.8) is 0 Å². The Kier molecular flexibility index (Phi) is 3.93. The van der Waals surface area contributed by atoms with E-state index in [1.165, 1.54) is 30.3 Å². The van der Waals surface area contributed by atoms with Crippen molar-refractivity contribution >= 4 is 17.1 Å². The molecule has 0 saturated heterocycles. The van der Waals surface area contributed by atoms with Gasteiger partial charge in [-0.2, -0.15) is 0 Å². The highest BCUT2D eigenvalue weighted by Crippen LogP contribution is 2.37. The second-order valence-corrected chi connectivity index (χ2v) is 4.71. The Labute approximate surface area is 125 Å². The fourth-order valence-corrected chi connectivity index (χ4v) is 2.01. The Morgan fingerprint density at radius 1 is 1.00 bits per heavy atom. The van der Waals surface area contributed by atoms with Gasteiger partial charge in [-0.05, 0) is 38.1 Å². The molecule has 22 heavy (non-hydrogen) atoms. The highest BCUT2D eigenvalue weighted by atomic mass is 16.6. The highest BCUT2D eigenvalue weighted by molar-refractivity contribution is 5.70. The second-order valence-electron chi connectivity index (χ2n) is 4.71. The van der Waals surface area contributed by atoms with Crippen LogP contribution in [-0.2, 0) is 0 Å². The monoisotopic (exact) mass is 303 g/mol. The van der Waals surface area contributed by atoms with E-state index in [-0.39, 0.29) is 28.6 Å². The Bertz CT molecular complexity index is 773. The van der Waals surface area contributed by atoms with Crippen LogP contribution in [0.3, 0.4) is 0 Å². The first kappa shape index (κ1) is 15.2. The van der Waals surface area contributed by atoms with Crippen LogP contribution in [0.4, 0.5) is 17.1 Å². The normalized spacial score (nSPS) is 10.3. The van der Waals surface area contributed by atoms with Crippen molar-refractivity contribution in [2.24, 2.45) is 0 Å². The molecule has 114 valence electrons. The first-order chi connectivity index (χ1) is 10.3. The Balaban J connectivity index is 2.44. The minimum absolute atomic E-state index is 0.0791. The van der Waals surface area contributed by atoms with Crippen LogP contribution in [0.1, 0.15) is 11.1 Å². The molecular weight excluding hydrogens is 290 g/mol. The van der Waals surface area contributed by atoms with E-state index in [1.807, 2.05) is 0 Å². The molecule has 0 fully saturated rings. The Hall–Kier alpha value is -3.16. The number of hydrogen-bond acceptors (Lipinski definition) is 6. The fourth-order valence-electron chi connectivity index (χ4n) is 2.01. The Morgan fingerprint density at radius 2 is 1.64 bits per heavy atom. The number of aryl methyl sites for hydroxylation is 2. The number of nitro groups is 2. The maximum Gasteiger partial charge on any atom is 0.298 e. The minimum Gasteiger partial charge on any atom is -0.455 e. The van der Waals surface area contributed by atoms with Gasteiger partial charge in [0, 0.05) is 11.1 Å². The molecule has 2 aromatic rings. The summed E-state index contributed by atoms with van der Waals surface area (Å²) >= 11 is 0. The van der Waals surface area contributed by atoms with E-state index in [4.69, 9.17) is 10.5 Å². The van der Waals surface area contributed by atoms with Crippen molar-refractivity contribution < 1.29 is 14.6 Å². The lowest BCUT2D eigenvalue weighted by molar-refractivity contribution is -0.385. The topological polar surface area (TPSA) is 122 Å². The first-order valence-electron chi connectivity index (χ1n) is 6.27. The zero-order valence-corrected chi connectivity index (χ0v) is 11.9. The predicted molar refractivity (Wildman–Crippen MR) is 80.2 cm³/mol. The molecule has 2 N–H and O–H groups in total. The van der Waals surface area contributed by atoms with Crippen LogP contribution in [0.5, 0.6) is 11.5 Å². The summed E-state index contributed by atoms with van der Waals surface area (Å²) in [4.78, 5) is 20.8. The third kappa shape index (κ3) is 2.80. The molecule has 0 radical (unpaired) electrons. The molecule has 2 rings (SSSR count). The average Bonchev–Trinajstić information content (AvgIpc) is 2.43. The molecule has 0 saturated carbocycles. The van der Waals surface area contributed by atoms with E-state index >= 15 is 0 Å². The molecule has 0 bridgehead atoms. The van der Waals surface area contributed by atoms with Crippen molar-refractivity contribution in [3.05, 3.63) is 61.7 Å². The summed E-state index contributed by atoms with van der Waals surface area (Å²) in [7, 11) is 0. The molecule has 8 heteroatoms. The van der Waals surface area contributed by atoms with Gasteiger partial charge in [0.2, 0.25) is 0 Å². The summed E-state index contributed by atoms with van der Waals surface area (Å²) in [6, 6.07) is 7.32. The van der Waals surface area contributed by atoms with Crippen molar-refractivity contribution in [1.29, 1.82) is 0 Å². The minimum atomic E-state index is -0.588. The number of benzene rings is 2. The average molecular weight is 303 g/mol. The third-order valence-corrected chi connectivity index (χ3v) is 3.17. The number of rotatable bonds is 4. The van der Waals surface area contributed by atoms with Crippen LogP contribution >= 0.6 is 0 Å². The molecule has 0 heterocycles. The van der Waals surface area contributed by atoms with Crippen LogP contribution in [0, 0.1) is 34.1 Å². The van der Waals surface area contributed by atoms with Gasteiger partial charge in [0.15, 0.2) is 11.4 Å². The lowest BCUT2D eigenvalue weighted by Gasteiger charge is -2.10. The van der Waals surface area contributed by atoms with Gasteiger partial charge < -0.3 is 10.5 Å². The summed E-state index contributed by atoms with van der Waals surface area (Å²) in [5, 5.41) is 21.9. The number of hydrogen-bond donors (Lipinski definition) is 1. The Morgan fingerprint density at radius 3 is 2.23 bits per heavy atom. The summed E-state index contributed by atoms with van der Waals surface area (Å²) in [6.07, 6.45) is 0. The van der Waals surface area contributed by atoms with Crippen LogP contribution in [0.25, 0.3) is 0 Å². The summed E-state index contributed by atoms with van der Waals surface area (Å²) in [6.45, 7) is 3.17. The number of nitro benzene ring substituents is 2. The zero-order chi connectivity index (χ0) is 16.4. The molecule has 0 aliphatic carbocycles. The van der Waals surface area contributed by atoms with E-state index in [9.17, 15) is 20.2 Å². The van der Waals surface area contributed by atoms with Gasteiger partial charge in [0.1, 0.15) is 5.75 Å². The molecular formula is C14H13N3O5. The lowest BCUT2D eigenvalue weighted by atomic mass is 10.1. The van der Waals surface area contributed by atoms with Crippen molar-refractivity contribution in [3.8, 4) is 11.5 Å². The van der Waals surface area contributed by atoms with Gasteiger partial charge in [-0.15, -0.1) is 0 Å². The number of anilines is 1. The third-order valence-electron chi connectivity index (χ3n) is 3.17.